The molecule has 0 aliphatic heterocycles. The van der Waals surface area contributed by atoms with Crippen LogP contribution >= 0.6 is 0 Å². The highest BCUT2D eigenvalue weighted by molar-refractivity contribution is 5.35. The maximum Gasteiger partial charge on any atom is 0.120 e. The molecule has 2 rings (SSSR count). The summed E-state index contributed by atoms with van der Waals surface area (Å²) >= 11 is 0. The zero-order valence-electron chi connectivity index (χ0n) is 15.0. The summed E-state index contributed by atoms with van der Waals surface area (Å²) in [4.78, 5) is 4.73. The van der Waals surface area contributed by atoms with Gasteiger partial charge in [-0.15, -0.1) is 6.58 Å². The van der Waals surface area contributed by atoms with Gasteiger partial charge in [0.2, 0.25) is 0 Å². The minimum atomic E-state index is 0.178. The lowest BCUT2D eigenvalue weighted by molar-refractivity contribution is 0.757. The second-order valence-electron chi connectivity index (χ2n) is 5.75. The van der Waals surface area contributed by atoms with Crippen molar-refractivity contribution in [3.63, 3.8) is 0 Å². The quantitative estimate of drug-likeness (QED) is 0.423. The van der Waals surface area contributed by atoms with Crippen molar-refractivity contribution in [1.29, 1.82) is 0 Å². The van der Waals surface area contributed by atoms with Gasteiger partial charge < -0.3 is 4.57 Å². The van der Waals surface area contributed by atoms with Crippen LogP contribution in [0.15, 0.2) is 97.8 Å². The topological polar surface area (TPSA) is 17.8 Å². The average Bonchev–Trinajstić information content (AvgIpc) is 3.03. The molecule has 0 saturated heterocycles. The van der Waals surface area contributed by atoms with E-state index in [0.29, 0.717) is 0 Å². The third kappa shape index (κ3) is 5.61. The van der Waals surface area contributed by atoms with Gasteiger partial charge in [0.25, 0.3) is 0 Å². The largest absolute Gasteiger partial charge is 0.303 e. The summed E-state index contributed by atoms with van der Waals surface area (Å²) in [6.07, 6.45) is 21.2. The zero-order chi connectivity index (χ0) is 17.9. The zero-order valence-corrected chi connectivity index (χ0v) is 15.0. The van der Waals surface area contributed by atoms with Crippen LogP contribution in [0.25, 0.3) is 5.69 Å². The lowest BCUT2D eigenvalue weighted by atomic mass is 10.0. The van der Waals surface area contributed by atoms with Gasteiger partial charge in [-0.25, -0.2) is 4.98 Å². The summed E-state index contributed by atoms with van der Waals surface area (Å²) in [5.74, 6) is 1.21. The van der Waals surface area contributed by atoms with E-state index in [1.54, 1.807) is 0 Å². The van der Waals surface area contributed by atoms with Gasteiger partial charge in [0.05, 0.1) is 5.69 Å². The molecule has 0 radical (unpaired) electrons. The Morgan fingerprint density at radius 3 is 2.40 bits per heavy atom. The normalized spacial score (nSPS) is 13.5. The van der Waals surface area contributed by atoms with Crippen LogP contribution in [0.2, 0.25) is 0 Å². The van der Waals surface area contributed by atoms with Gasteiger partial charge in [-0.05, 0) is 32.4 Å². The minimum absolute atomic E-state index is 0.178. The second-order valence-corrected chi connectivity index (χ2v) is 5.75. The number of benzene rings is 1. The van der Waals surface area contributed by atoms with Crippen molar-refractivity contribution in [2.75, 3.05) is 0 Å². The Kier molecular flexibility index (Phi) is 7.45. The summed E-state index contributed by atoms with van der Waals surface area (Å²) < 4.78 is 2.16. The first-order chi connectivity index (χ1) is 12.3. The number of aryl methyl sites for hydroxylation is 1. The molecule has 0 aliphatic carbocycles. The van der Waals surface area contributed by atoms with Crippen LogP contribution < -0.4 is 0 Å². The molecule has 1 aromatic carbocycles. The van der Waals surface area contributed by atoms with Crippen molar-refractivity contribution < 1.29 is 0 Å². The predicted molar refractivity (Wildman–Crippen MR) is 108 cm³/mol. The fraction of sp³-hybridized carbons (Fsp3) is 0.174. The molecule has 2 aromatic rings. The van der Waals surface area contributed by atoms with Crippen molar-refractivity contribution in [3.05, 3.63) is 109 Å². The molecule has 2 heteroatoms. The Bertz CT molecular complexity index is 774. The Hall–Kier alpha value is -2.87. The van der Waals surface area contributed by atoms with E-state index in [4.69, 9.17) is 4.98 Å². The summed E-state index contributed by atoms with van der Waals surface area (Å²) in [6, 6.07) is 10.3. The molecular formula is C23H26N2. The molecule has 0 amide bonds. The molecule has 1 heterocycles. The van der Waals surface area contributed by atoms with Gasteiger partial charge in [-0.1, -0.05) is 72.9 Å². The van der Waals surface area contributed by atoms with E-state index in [0.717, 1.165) is 23.6 Å². The fourth-order valence-corrected chi connectivity index (χ4v) is 2.55. The molecule has 0 N–H and O–H groups in total. The number of hydrogen-bond acceptors (Lipinski definition) is 1. The van der Waals surface area contributed by atoms with E-state index in [1.807, 2.05) is 74.6 Å². The maximum absolute atomic E-state index is 4.73. The smallest absolute Gasteiger partial charge is 0.120 e. The van der Waals surface area contributed by atoms with E-state index in [2.05, 4.69) is 41.6 Å². The maximum atomic E-state index is 4.73. The van der Waals surface area contributed by atoms with Gasteiger partial charge in [0, 0.05) is 17.8 Å². The third-order valence-corrected chi connectivity index (χ3v) is 3.78. The summed E-state index contributed by atoms with van der Waals surface area (Å²) in [7, 11) is 0. The van der Waals surface area contributed by atoms with Gasteiger partial charge in [-0.2, -0.15) is 0 Å². The molecule has 128 valence electrons. The number of para-hydroxylation sites is 1. The molecule has 2 nitrogen and oxygen atoms in total. The summed E-state index contributed by atoms with van der Waals surface area (Å²) in [6.45, 7) is 8.04. The minimum Gasteiger partial charge on any atom is -0.303 e. The molecular weight excluding hydrogens is 304 g/mol. The third-order valence-electron chi connectivity index (χ3n) is 3.78. The van der Waals surface area contributed by atoms with Crippen LogP contribution in [0.3, 0.4) is 0 Å². The standard InChI is InChI=1S/C23H26N2/c1-4-6-7-8-9-10-11-13-16-21(5-2)23-24-20(3)19-25(23)22-17-14-12-15-18-22/h4-15,17-19,21H,2,16H2,1,3H3/b6-4+,8-7+,10-9+,13-11+. The van der Waals surface area contributed by atoms with Crippen LogP contribution in [0.1, 0.15) is 30.8 Å². The first-order valence-electron chi connectivity index (χ1n) is 8.61. The second kappa shape index (κ2) is 10.1. The van der Waals surface area contributed by atoms with Crippen molar-refractivity contribution in [3.8, 4) is 5.69 Å². The monoisotopic (exact) mass is 330 g/mol. The number of rotatable bonds is 8. The Morgan fingerprint density at radius 2 is 1.72 bits per heavy atom. The van der Waals surface area contributed by atoms with E-state index in [-0.39, 0.29) is 5.92 Å². The molecule has 25 heavy (non-hydrogen) atoms. The Balaban J connectivity index is 2.10. The van der Waals surface area contributed by atoms with E-state index in [9.17, 15) is 0 Å². The van der Waals surface area contributed by atoms with Crippen LogP contribution in [0, 0.1) is 6.92 Å². The van der Waals surface area contributed by atoms with Crippen LogP contribution in [0.4, 0.5) is 0 Å². The number of aromatic nitrogens is 2. The molecule has 0 spiro atoms. The van der Waals surface area contributed by atoms with E-state index in [1.165, 1.54) is 0 Å². The fourth-order valence-electron chi connectivity index (χ4n) is 2.55. The molecule has 1 aromatic heterocycles. The van der Waals surface area contributed by atoms with E-state index < -0.39 is 0 Å². The molecule has 0 aliphatic rings. The Morgan fingerprint density at radius 1 is 1.04 bits per heavy atom. The van der Waals surface area contributed by atoms with Gasteiger partial charge in [0.1, 0.15) is 5.82 Å². The summed E-state index contributed by atoms with van der Waals surface area (Å²) in [5.41, 5.74) is 2.15. The number of allylic oxidation sites excluding steroid dienone is 9. The number of nitrogens with zero attached hydrogens (tertiary/aromatic N) is 2. The van der Waals surface area contributed by atoms with Gasteiger partial charge in [0.15, 0.2) is 0 Å². The lowest BCUT2D eigenvalue weighted by Crippen LogP contribution is -2.05. The highest BCUT2D eigenvalue weighted by atomic mass is 15.1. The van der Waals surface area contributed by atoms with Crippen molar-refractivity contribution in [2.45, 2.75) is 26.2 Å². The lowest BCUT2D eigenvalue weighted by Gasteiger charge is -2.13. The Labute approximate surface area is 151 Å². The highest BCUT2D eigenvalue weighted by Crippen LogP contribution is 2.24. The average molecular weight is 330 g/mol. The molecule has 0 bridgehead atoms. The first-order valence-corrected chi connectivity index (χ1v) is 8.61. The first kappa shape index (κ1) is 18.5. The molecule has 0 saturated carbocycles. The highest BCUT2D eigenvalue weighted by Gasteiger charge is 2.15. The predicted octanol–water partition coefficient (Wildman–Crippen LogP) is 6.09. The summed E-state index contributed by atoms with van der Waals surface area (Å²) in [5, 5.41) is 0. The van der Waals surface area contributed by atoms with E-state index >= 15 is 0 Å². The van der Waals surface area contributed by atoms with Crippen LogP contribution in [-0.4, -0.2) is 9.55 Å². The van der Waals surface area contributed by atoms with Crippen LogP contribution in [0.5, 0.6) is 0 Å². The van der Waals surface area contributed by atoms with Gasteiger partial charge >= 0.3 is 0 Å². The van der Waals surface area contributed by atoms with Crippen LogP contribution in [-0.2, 0) is 0 Å². The molecule has 0 fully saturated rings. The van der Waals surface area contributed by atoms with Gasteiger partial charge in [-0.3, -0.25) is 0 Å². The number of imidazole rings is 1. The molecule has 1 unspecified atom stereocenters. The van der Waals surface area contributed by atoms with Crippen molar-refractivity contribution in [2.24, 2.45) is 0 Å². The molecule has 1 atom stereocenters. The number of hydrogen-bond donors (Lipinski definition) is 0. The SMILES string of the molecule is C=CC(C/C=C/C=C/C=C/C=C/C)c1nc(C)cn1-c1ccccc1. The van der Waals surface area contributed by atoms with Crippen molar-refractivity contribution >= 4 is 0 Å². The van der Waals surface area contributed by atoms with Crippen molar-refractivity contribution in [1.82, 2.24) is 9.55 Å².